The predicted molar refractivity (Wildman–Crippen MR) is 111 cm³/mol. The lowest BCUT2D eigenvalue weighted by molar-refractivity contribution is -0.890. The number of rotatable bonds is 8. The number of para-hydroxylation sites is 2. The third-order valence-corrected chi connectivity index (χ3v) is 4.53. The summed E-state index contributed by atoms with van der Waals surface area (Å²) in [6.45, 7) is 3.43. The first-order valence-electron chi connectivity index (χ1n) is 9.44. The van der Waals surface area contributed by atoms with Gasteiger partial charge in [-0.2, -0.15) is 5.26 Å². The highest BCUT2D eigenvalue weighted by atomic mass is 16.5. The largest absolute Gasteiger partial charge is 0.506 e. The second-order valence-corrected chi connectivity index (χ2v) is 6.76. The Morgan fingerprint density at radius 3 is 2.72 bits per heavy atom. The Bertz CT molecular complexity index is 1030. The fourth-order valence-corrected chi connectivity index (χ4v) is 3.21. The van der Waals surface area contributed by atoms with E-state index < -0.39 is 0 Å². The molecule has 0 saturated heterocycles. The summed E-state index contributed by atoms with van der Waals surface area (Å²) in [4.78, 5) is 8.51. The number of aromatic amines is 1. The number of likely N-dealkylation sites (N-methyl/N-ethyl adjacent to an activating group) is 1. The first-order valence-corrected chi connectivity index (χ1v) is 9.44. The summed E-state index contributed by atoms with van der Waals surface area (Å²) in [5, 5.41) is 20.1. The highest BCUT2D eigenvalue weighted by molar-refractivity contribution is 5.82. The summed E-state index contributed by atoms with van der Waals surface area (Å²) < 4.78 is 10.9. The smallest absolute Gasteiger partial charge is 0.169 e. The van der Waals surface area contributed by atoms with E-state index in [-0.39, 0.29) is 17.9 Å². The number of nitriles is 1. The van der Waals surface area contributed by atoms with Crippen molar-refractivity contribution in [1.29, 1.82) is 5.26 Å². The fraction of sp³-hybridized carbons (Fsp3) is 0.273. The van der Waals surface area contributed by atoms with E-state index in [9.17, 15) is 10.4 Å². The van der Waals surface area contributed by atoms with Crippen LogP contribution in [0.1, 0.15) is 18.3 Å². The van der Waals surface area contributed by atoms with Crippen molar-refractivity contribution in [2.24, 2.45) is 0 Å². The Kier molecular flexibility index (Phi) is 6.37. The number of fused-ring (bicyclic) bond motifs is 1. The van der Waals surface area contributed by atoms with Gasteiger partial charge in [0.05, 0.1) is 31.8 Å². The third-order valence-electron chi connectivity index (χ3n) is 4.53. The lowest BCUT2D eigenvalue weighted by Gasteiger charge is -2.16. The highest BCUT2D eigenvalue weighted by Gasteiger charge is 2.17. The summed E-state index contributed by atoms with van der Waals surface area (Å²) in [6, 6.07) is 15.4. The van der Waals surface area contributed by atoms with Crippen LogP contribution >= 0.6 is 0 Å². The van der Waals surface area contributed by atoms with Crippen molar-refractivity contribution in [1.82, 2.24) is 9.97 Å². The highest BCUT2D eigenvalue weighted by Crippen LogP contribution is 2.27. The molecule has 0 radical (unpaired) electrons. The van der Waals surface area contributed by atoms with E-state index >= 15 is 0 Å². The number of aliphatic hydroxyl groups excluding tert-OH is 1. The number of nitrogens with zero attached hydrogens (tertiary/aromatic N) is 2. The van der Waals surface area contributed by atoms with Crippen LogP contribution in [-0.4, -0.2) is 42.4 Å². The number of ether oxygens (including phenoxy) is 2. The standard InChI is InChI=1S/C22H24N4O3/c1-4-29-20-10-9-15(11-21(20)28-3)13-26(2)14-19(27)16(12-23)22-24-17-7-5-6-8-18(17)25-22/h5-11,27H,4,13-14H2,1-3H3,(H,24,25)/p+1/b19-16-. The van der Waals surface area contributed by atoms with Crippen molar-refractivity contribution in [3.63, 3.8) is 0 Å². The van der Waals surface area contributed by atoms with E-state index in [0.29, 0.717) is 30.5 Å². The van der Waals surface area contributed by atoms with E-state index in [1.165, 1.54) is 0 Å². The van der Waals surface area contributed by atoms with Gasteiger partial charge >= 0.3 is 0 Å². The Morgan fingerprint density at radius 1 is 1.24 bits per heavy atom. The molecule has 1 heterocycles. The molecule has 0 aliphatic rings. The molecule has 1 unspecified atom stereocenters. The Balaban J connectivity index is 1.76. The lowest BCUT2D eigenvalue weighted by atomic mass is 10.1. The number of H-pyrrole nitrogens is 1. The molecule has 29 heavy (non-hydrogen) atoms. The van der Waals surface area contributed by atoms with Crippen molar-refractivity contribution < 1.29 is 19.5 Å². The normalized spacial score (nSPS) is 12.9. The maximum Gasteiger partial charge on any atom is 0.169 e. The molecule has 0 aliphatic heterocycles. The molecule has 0 amide bonds. The zero-order valence-corrected chi connectivity index (χ0v) is 16.8. The molecule has 0 spiro atoms. The molecule has 2 aromatic carbocycles. The maximum atomic E-state index is 10.6. The van der Waals surface area contributed by atoms with Crippen LogP contribution in [0.3, 0.4) is 0 Å². The molecule has 0 bridgehead atoms. The number of hydrogen-bond acceptors (Lipinski definition) is 5. The summed E-state index contributed by atoms with van der Waals surface area (Å²) in [5.41, 5.74) is 2.78. The quantitative estimate of drug-likeness (QED) is 0.404. The number of hydrogen-bond donors (Lipinski definition) is 3. The van der Waals surface area contributed by atoms with Crippen LogP contribution in [0.2, 0.25) is 0 Å². The van der Waals surface area contributed by atoms with Gasteiger partial charge in [-0.15, -0.1) is 0 Å². The molecule has 0 fully saturated rings. The second-order valence-electron chi connectivity index (χ2n) is 6.76. The third kappa shape index (κ3) is 4.68. The van der Waals surface area contributed by atoms with Gasteiger partial charge in [0, 0.05) is 5.56 Å². The van der Waals surface area contributed by atoms with Gasteiger partial charge in [-0.1, -0.05) is 12.1 Å². The van der Waals surface area contributed by atoms with Crippen molar-refractivity contribution in [3.05, 3.63) is 59.6 Å². The fourth-order valence-electron chi connectivity index (χ4n) is 3.21. The van der Waals surface area contributed by atoms with Gasteiger partial charge < -0.3 is 24.5 Å². The van der Waals surface area contributed by atoms with Crippen LogP contribution in [0.15, 0.2) is 48.2 Å². The predicted octanol–water partition coefficient (Wildman–Crippen LogP) is 2.48. The molecule has 0 saturated carbocycles. The average molecular weight is 393 g/mol. The molecule has 7 heteroatoms. The van der Waals surface area contributed by atoms with E-state index in [4.69, 9.17) is 9.47 Å². The van der Waals surface area contributed by atoms with E-state index in [2.05, 4.69) is 16.0 Å². The van der Waals surface area contributed by atoms with Gasteiger partial charge in [-0.3, -0.25) is 0 Å². The monoisotopic (exact) mass is 393 g/mol. The zero-order chi connectivity index (χ0) is 20.8. The van der Waals surface area contributed by atoms with Gasteiger partial charge in [0.2, 0.25) is 0 Å². The number of aromatic nitrogens is 2. The topological polar surface area (TPSA) is 95.6 Å². The number of methoxy groups -OCH3 is 1. The minimum atomic E-state index is 0.00181. The summed E-state index contributed by atoms with van der Waals surface area (Å²) in [7, 11) is 3.56. The number of benzene rings is 2. The minimum Gasteiger partial charge on any atom is -0.506 e. The average Bonchev–Trinajstić information content (AvgIpc) is 3.13. The Hall–Kier alpha value is -3.50. The molecule has 7 nitrogen and oxygen atoms in total. The van der Waals surface area contributed by atoms with Crippen molar-refractivity contribution in [2.45, 2.75) is 13.5 Å². The summed E-state index contributed by atoms with van der Waals surface area (Å²) in [5.74, 6) is 1.76. The van der Waals surface area contributed by atoms with Crippen LogP contribution in [-0.2, 0) is 6.54 Å². The van der Waals surface area contributed by atoms with Gasteiger partial charge in [0.1, 0.15) is 24.7 Å². The summed E-state index contributed by atoms with van der Waals surface area (Å²) >= 11 is 0. The van der Waals surface area contributed by atoms with Crippen LogP contribution in [0, 0.1) is 11.3 Å². The number of aliphatic hydroxyl groups is 1. The maximum absolute atomic E-state index is 10.6. The number of imidazole rings is 1. The van der Waals surface area contributed by atoms with Crippen molar-refractivity contribution >= 4 is 16.6 Å². The molecule has 3 aromatic rings. The number of allylic oxidation sites excluding steroid dienone is 1. The number of quaternary nitrogens is 1. The first-order chi connectivity index (χ1) is 14.0. The molecular formula is C22H25N4O3+. The molecule has 3 N–H and O–H groups in total. The van der Waals surface area contributed by atoms with Crippen LogP contribution < -0.4 is 14.4 Å². The van der Waals surface area contributed by atoms with Gasteiger partial charge in [-0.25, -0.2) is 4.98 Å². The zero-order valence-electron chi connectivity index (χ0n) is 16.8. The van der Waals surface area contributed by atoms with Gasteiger partial charge in [-0.05, 0) is 37.3 Å². The molecular weight excluding hydrogens is 368 g/mol. The number of nitrogens with one attached hydrogen (secondary N) is 2. The van der Waals surface area contributed by atoms with Crippen molar-refractivity contribution in [3.8, 4) is 17.6 Å². The van der Waals surface area contributed by atoms with E-state index in [0.717, 1.165) is 21.5 Å². The minimum absolute atomic E-state index is 0.00181. The first kappa shape index (κ1) is 20.2. The van der Waals surface area contributed by atoms with Gasteiger partial charge in [0.15, 0.2) is 23.1 Å². The molecule has 0 aliphatic carbocycles. The lowest BCUT2D eigenvalue weighted by Crippen LogP contribution is -3.07. The SMILES string of the molecule is CCOc1ccc(C[NH+](C)C/C(O)=C(\C#N)c2nc3ccccc3[nH]2)cc1OC. The van der Waals surface area contributed by atoms with Crippen LogP contribution in [0.5, 0.6) is 11.5 Å². The Labute approximate surface area is 169 Å². The van der Waals surface area contributed by atoms with Crippen LogP contribution in [0.4, 0.5) is 0 Å². The van der Waals surface area contributed by atoms with Crippen molar-refractivity contribution in [2.75, 3.05) is 27.3 Å². The Morgan fingerprint density at radius 2 is 2.03 bits per heavy atom. The van der Waals surface area contributed by atoms with E-state index in [1.54, 1.807) is 7.11 Å². The van der Waals surface area contributed by atoms with E-state index in [1.807, 2.05) is 56.4 Å². The van der Waals surface area contributed by atoms with Gasteiger partial charge in [0.25, 0.3) is 0 Å². The molecule has 1 aromatic heterocycles. The molecule has 1 atom stereocenters. The molecule has 3 rings (SSSR count). The summed E-state index contributed by atoms with van der Waals surface area (Å²) in [6.07, 6.45) is 0. The molecule has 150 valence electrons. The van der Waals surface area contributed by atoms with Crippen LogP contribution in [0.25, 0.3) is 16.6 Å². The second kappa shape index (κ2) is 9.13.